The zero-order valence-corrected chi connectivity index (χ0v) is 12.0. The highest BCUT2D eigenvalue weighted by Gasteiger charge is 2.14. The molecule has 0 radical (unpaired) electrons. The first-order valence-corrected chi connectivity index (χ1v) is 6.81. The molecule has 4 nitrogen and oxygen atoms in total. The van der Waals surface area contributed by atoms with Crippen LogP contribution in [0.5, 0.6) is 5.75 Å². The summed E-state index contributed by atoms with van der Waals surface area (Å²) in [6.45, 7) is -0.137. The first-order valence-electron chi connectivity index (χ1n) is 6.81. The number of methoxy groups -OCH3 is 1. The first-order chi connectivity index (χ1) is 10.2. The second-order valence-electron chi connectivity index (χ2n) is 4.70. The number of nitrogens with one attached hydrogen (secondary N) is 1. The first kappa shape index (κ1) is 15.1. The van der Waals surface area contributed by atoms with Crippen molar-refractivity contribution in [2.75, 3.05) is 13.7 Å². The minimum absolute atomic E-state index is 0.137. The Morgan fingerprint density at radius 2 is 1.81 bits per heavy atom. The molecule has 0 fully saturated rings. The highest BCUT2D eigenvalue weighted by Crippen LogP contribution is 2.18. The van der Waals surface area contributed by atoms with Crippen molar-refractivity contribution in [2.45, 2.75) is 12.5 Å². The van der Waals surface area contributed by atoms with Crippen LogP contribution in [-0.2, 0) is 11.2 Å². The topological polar surface area (TPSA) is 58.6 Å². The third-order valence-corrected chi connectivity index (χ3v) is 3.26. The molecule has 0 aliphatic heterocycles. The van der Waals surface area contributed by atoms with E-state index in [0.717, 1.165) is 11.1 Å². The van der Waals surface area contributed by atoms with Gasteiger partial charge < -0.3 is 15.2 Å². The number of hydrogen-bond donors (Lipinski definition) is 2. The largest absolute Gasteiger partial charge is 0.496 e. The van der Waals surface area contributed by atoms with Gasteiger partial charge in [0.15, 0.2) is 0 Å². The van der Waals surface area contributed by atoms with Crippen LogP contribution in [-0.4, -0.2) is 24.7 Å². The molecule has 0 saturated carbocycles. The van der Waals surface area contributed by atoms with Gasteiger partial charge in [-0.2, -0.15) is 0 Å². The molecule has 0 heterocycles. The van der Waals surface area contributed by atoms with Crippen LogP contribution in [0.15, 0.2) is 54.6 Å². The van der Waals surface area contributed by atoms with Crippen molar-refractivity contribution in [3.63, 3.8) is 0 Å². The van der Waals surface area contributed by atoms with Crippen LogP contribution in [0.3, 0.4) is 0 Å². The van der Waals surface area contributed by atoms with Crippen LogP contribution < -0.4 is 10.1 Å². The summed E-state index contributed by atoms with van der Waals surface area (Å²) in [5.41, 5.74) is 1.70. The van der Waals surface area contributed by atoms with Gasteiger partial charge in [0, 0.05) is 5.56 Å². The van der Waals surface area contributed by atoms with E-state index in [1.54, 1.807) is 7.11 Å². The van der Waals surface area contributed by atoms with E-state index in [0.29, 0.717) is 5.75 Å². The van der Waals surface area contributed by atoms with Gasteiger partial charge in [0.25, 0.3) is 0 Å². The van der Waals surface area contributed by atoms with Gasteiger partial charge in [0.1, 0.15) is 5.75 Å². The zero-order chi connectivity index (χ0) is 15.1. The standard InChI is InChI=1S/C17H19NO3/c1-21-16-10-6-5-9-14(16)11-17(20)18-15(12-19)13-7-3-2-4-8-13/h2-10,15,19H,11-12H2,1H3,(H,18,20)/t15-/m1/s1. The molecule has 0 saturated heterocycles. The average Bonchev–Trinajstić information content (AvgIpc) is 2.54. The SMILES string of the molecule is COc1ccccc1CC(=O)N[C@H](CO)c1ccccc1. The van der Waals surface area contributed by atoms with E-state index in [4.69, 9.17) is 4.74 Å². The van der Waals surface area contributed by atoms with Gasteiger partial charge in [0.2, 0.25) is 5.91 Å². The van der Waals surface area contributed by atoms with Crippen LogP contribution in [0.4, 0.5) is 0 Å². The molecule has 4 heteroatoms. The summed E-state index contributed by atoms with van der Waals surface area (Å²) in [7, 11) is 1.58. The summed E-state index contributed by atoms with van der Waals surface area (Å²) >= 11 is 0. The molecular weight excluding hydrogens is 266 g/mol. The van der Waals surface area contributed by atoms with Gasteiger partial charge in [-0.25, -0.2) is 0 Å². The van der Waals surface area contributed by atoms with E-state index in [1.807, 2.05) is 54.6 Å². The maximum atomic E-state index is 12.1. The van der Waals surface area contributed by atoms with Gasteiger partial charge in [-0.15, -0.1) is 0 Å². The molecule has 2 aromatic rings. The zero-order valence-electron chi connectivity index (χ0n) is 12.0. The van der Waals surface area contributed by atoms with E-state index in [9.17, 15) is 9.90 Å². The van der Waals surface area contributed by atoms with Crippen molar-refractivity contribution in [3.8, 4) is 5.75 Å². The third kappa shape index (κ3) is 4.07. The maximum Gasteiger partial charge on any atom is 0.225 e. The molecule has 2 aromatic carbocycles. The lowest BCUT2D eigenvalue weighted by Gasteiger charge is -2.17. The van der Waals surface area contributed by atoms with Gasteiger partial charge in [0.05, 0.1) is 26.2 Å². The number of carbonyl (C=O) groups is 1. The van der Waals surface area contributed by atoms with Gasteiger partial charge in [-0.1, -0.05) is 48.5 Å². The molecule has 110 valence electrons. The van der Waals surface area contributed by atoms with E-state index >= 15 is 0 Å². The summed E-state index contributed by atoms with van der Waals surface area (Å²) in [4.78, 5) is 12.1. The molecule has 0 aromatic heterocycles. The third-order valence-electron chi connectivity index (χ3n) is 3.26. The predicted octanol–water partition coefficient (Wildman–Crippen LogP) is 2.09. The van der Waals surface area contributed by atoms with Crippen LogP contribution in [0.1, 0.15) is 17.2 Å². The number of hydrogen-bond acceptors (Lipinski definition) is 3. The lowest BCUT2D eigenvalue weighted by Crippen LogP contribution is -2.32. The Morgan fingerprint density at radius 1 is 1.14 bits per heavy atom. The van der Waals surface area contributed by atoms with Crippen molar-refractivity contribution in [3.05, 3.63) is 65.7 Å². The Labute approximate surface area is 124 Å². The number of amides is 1. The number of rotatable bonds is 6. The average molecular weight is 285 g/mol. The number of aliphatic hydroxyl groups is 1. The lowest BCUT2D eigenvalue weighted by molar-refractivity contribution is -0.121. The summed E-state index contributed by atoms with van der Waals surface area (Å²) in [5.74, 6) is 0.537. The Hall–Kier alpha value is -2.33. The minimum Gasteiger partial charge on any atom is -0.496 e. The number of aliphatic hydroxyl groups excluding tert-OH is 1. The van der Waals surface area contributed by atoms with Crippen LogP contribution >= 0.6 is 0 Å². The molecule has 2 N–H and O–H groups in total. The predicted molar refractivity (Wildman–Crippen MR) is 81.1 cm³/mol. The Bertz CT molecular complexity index is 584. The molecule has 0 aliphatic rings. The van der Waals surface area contributed by atoms with Gasteiger partial charge in [-0.05, 0) is 11.6 Å². The quantitative estimate of drug-likeness (QED) is 0.854. The van der Waals surface area contributed by atoms with Crippen LogP contribution in [0.25, 0.3) is 0 Å². The number of benzene rings is 2. The normalized spacial score (nSPS) is 11.7. The van der Waals surface area contributed by atoms with Crippen molar-refractivity contribution in [1.29, 1.82) is 0 Å². The molecular formula is C17H19NO3. The Balaban J connectivity index is 2.03. The molecule has 2 rings (SSSR count). The lowest BCUT2D eigenvalue weighted by atomic mass is 10.1. The Morgan fingerprint density at radius 3 is 2.48 bits per heavy atom. The molecule has 21 heavy (non-hydrogen) atoms. The molecule has 0 spiro atoms. The molecule has 0 bridgehead atoms. The summed E-state index contributed by atoms with van der Waals surface area (Å²) < 4.78 is 5.23. The summed E-state index contributed by atoms with van der Waals surface area (Å²) in [6.07, 6.45) is 0.216. The van der Waals surface area contributed by atoms with Crippen molar-refractivity contribution < 1.29 is 14.6 Å². The van der Waals surface area contributed by atoms with Crippen molar-refractivity contribution >= 4 is 5.91 Å². The highest BCUT2D eigenvalue weighted by atomic mass is 16.5. The van der Waals surface area contributed by atoms with Gasteiger partial charge in [-0.3, -0.25) is 4.79 Å². The molecule has 0 aliphatic carbocycles. The fourth-order valence-electron chi connectivity index (χ4n) is 2.19. The number of carbonyl (C=O) groups excluding carboxylic acids is 1. The van der Waals surface area contributed by atoms with E-state index in [-0.39, 0.29) is 18.9 Å². The minimum atomic E-state index is -0.395. The van der Waals surface area contributed by atoms with E-state index in [1.165, 1.54) is 0 Å². The number of para-hydroxylation sites is 1. The Kier molecular flexibility index (Phi) is 5.35. The molecule has 0 unspecified atom stereocenters. The van der Waals surface area contributed by atoms with Gasteiger partial charge >= 0.3 is 0 Å². The maximum absolute atomic E-state index is 12.1. The fourth-order valence-corrected chi connectivity index (χ4v) is 2.19. The smallest absolute Gasteiger partial charge is 0.225 e. The van der Waals surface area contributed by atoms with E-state index < -0.39 is 6.04 Å². The summed E-state index contributed by atoms with van der Waals surface area (Å²) in [6, 6.07) is 16.4. The van der Waals surface area contributed by atoms with Crippen LogP contribution in [0, 0.1) is 0 Å². The number of ether oxygens (including phenoxy) is 1. The van der Waals surface area contributed by atoms with Crippen molar-refractivity contribution in [2.24, 2.45) is 0 Å². The second-order valence-corrected chi connectivity index (χ2v) is 4.70. The molecule has 1 amide bonds. The van der Waals surface area contributed by atoms with Crippen LogP contribution in [0.2, 0.25) is 0 Å². The highest BCUT2D eigenvalue weighted by molar-refractivity contribution is 5.79. The van der Waals surface area contributed by atoms with Crippen molar-refractivity contribution in [1.82, 2.24) is 5.32 Å². The molecule has 1 atom stereocenters. The monoisotopic (exact) mass is 285 g/mol. The fraction of sp³-hybridized carbons (Fsp3) is 0.235. The second kappa shape index (κ2) is 7.45. The summed E-state index contributed by atoms with van der Waals surface area (Å²) in [5, 5.41) is 12.3. The van der Waals surface area contributed by atoms with E-state index in [2.05, 4.69) is 5.32 Å².